The van der Waals surface area contributed by atoms with Crippen LogP contribution in [0.4, 0.5) is 21.6 Å². The molecule has 2 aromatic heterocycles. The lowest BCUT2D eigenvalue weighted by atomic mass is 9.95. The van der Waals surface area contributed by atoms with Gasteiger partial charge >= 0.3 is 0 Å². The summed E-state index contributed by atoms with van der Waals surface area (Å²) in [6.07, 6.45) is 4.64. The Morgan fingerprint density at radius 2 is 1.89 bits per heavy atom. The number of carbonyl (C=O) groups is 1. The first-order chi connectivity index (χ1) is 18.1. The number of nitrogens with zero attached hydrogens (tertiary/aromatic N) is 4. The zero-order valence-corrected chi connectivity index (χ0v) is 21.8. The SMILES string of the molecule is C=C(C)C(=O)Nc1ccc(-c2c(-c3ccc(N=S4(=O)C=CC=C4)c(F)c3)c3c(N)ncnc3n2C)c(C)c1. The van der Waals surface area contributed by atoms with Crippen LogP contribution in [0.25, 0.3) is 33.4 Å². The molecule has 192 valence electrons. The van der Waals surface area contributed by atoms with E-state index in [0.717, 1.165) is 16.8 Å². The van der Waals surface area contributed by atoms with Crippen molar-refractivity contribution in [1.82, 2.24) is 14.5 Å². The van der Waals surface area contributed by atoms with Crippen LogP contribution in [0.5, 0.6) is 0 Å². The number of aromatic nitrogens is 3. The molecule has 0 unspecified atom stereocenters. The van der Waals surface area contributed by atoms with Crippen molar-refractivity contribution in [3.63, 3.8) is 0 Å². The van der Waals surface area contributed by atoms with Gasteiger partial charge in [0.15, 0.2) is 0 Å². The van der Waals surface area contributed by atoms with Crippen molar-refractivity contribution in [2.75, 3.05) is 11.1 Å². The van der Waals surface area contributed by atoms with Crippen LogP contribution in [0, 0.1) is 12.7 Å². The maximum Gasteiger partial charge on any atom is 0.250 e. The minimum absolute atomic E-state index is 0.00487. The Morgan fingerprint density at radius 3 is 2.55 bits per heavy atom. The molecule has 8 nitrogen and oxygen atoms in total. The third kappa shape index (κ3) is 4.39. The average molecular weight is 529 g/mol. The second-order valence-corrected chi connectivity index (χ2v) is 11.0. The highest BCUT2D eigenvalue weighted by Crippen LogP contribution is 2.43. The number of hydrogen-bond acceptors (Lipinski definition) is 6. The summed E-state index contributed by atoms with van der Waals surface area (Å²) in [4.78, 5) is 20.7. The molecule has 0 saturated heterocycles. The molecule has 0 bridgehead atoms. The van der Waals surface area contributed by atoms with Crippen molar-refractivity contribution in [2.24, 2.45) is 11.4 Å². The minimum atomic E-state index is -2.77. The van der Waals surface area contributed by atoms with E-state index in [1.54, 1.807) is 31.2 Å². The summed E-state index contributed by atoms with van der Waals surface area (Å²) in [6, 6.07) is 10.1. The monoisotopic (exact) mass is 528 g/mol. The van der Waals surface area contributed by atoms with E-state index >= 15 is 4.39 Å². The number of nitrogen functional groups attached to an aromatic ring is 1. The van der Waals surface area contributed by atoms with Crippen molar-refractivity contribution in [3.05, 3.63) is 89.2 Å². The third-order valence-electron chi connectivity index (χ3n) is 6.26. The summed E-state index contributed by atoms with van der Waals surface area (Å²) < 4.78 is 34.1. The molecule has 10 heteroatoms. The second-order valence-electron chi connectivity index (χ2n) is 9.03. The lowest BCUT2D eigenvalue weighted by molar-refractivity contribution is -0.112. The molecular formula is C28H25FN6O2S. The number of hydrogen-bond donors (Lipinski definition) is 2. The van der Waals surface area contributed by atoms with Gasteiger partial charge in [-0.3, -0.25) is 4.79 Å². The topological polar surface area (TPSA) is 115 Å². The van der Waals surface area contributed by atoms with Gasteiger partial charge in [0.05, 0.1) is 20.8 Å². The highest BCUT2D eigenvalue weighted by atomic mass is 32.2. The lowest BCUT2D eigenvalue weighted by Gasteiger charge is -2.14. The van der Waals surface area contributed by atoms with Crippen LogP contribution in [0.1, 0.15) is 12.5 Å². The Balaban J connectivity index is 1.71. The number of fused-ring (bicyclic) bond motifs is 1. The molecule has 0 radical (unpaired) electrons. The van der Waals surface area contributed by atoms with E-state index in [2.05, 4.69) is 26.2 Å². The van der Waals surface area contributed by atoms with Gasteiger partial charge in [0.25, 0.3) is 5.91 Å². The Kier molecular flexibility index (Phi) is 6.20. The Hall–Kier alpha value is -4.57. The number of aryl methyl sites for hydroxylation is 2. The van der Waals surface area contributed by atoms with E-state index in [1.807, 2.05) is 30.7 Å². The molecule has 3 N–H and O–H groups in total. The van der Waals surface area contributed by atoms with E-state index < -0.39 is 15.5 Å². The molecule has 0 aliphatic carbocycles. The molecule has 0 saturated carbocycles. The quantitative estimate of drug-likeness (QED) is 0.309. The summed E-state index contributed by atoms with van der Waals surface area (Å²) in [5, 5.41) is 6.31. The largest absolute Gasteiger partial charge is 0.383 e. The molecule has 5 rings (SSSR count). The highest BCUT2D eigenvalue weighted by molar-refractivity contribution is 7.99. The van der Waals surface area contributed by atoms with Crippen molar-refractivity contribution in [3.8, 4) is 22.4 Å². The predicted molar refractivity (Wildman–Crippen MR) is 150 cm³/mol. The molecule has 1 aliphatic heterocycles. The summed E-state index contributed by atoms with van der Waals surface area (Å²) >= 11 is 0. The Bertz CT molecular complexity index is 1830. The van der Waals surface area contributed by atoms with Crippen LogP contribution in [0.3, 0.4) is 0 Å². The maximum absolute atomic E-state index is 15.3. The summed E-state index contributed by atoms with van der Waals surface area (Å²) in [5.41, 5.74) is 11.6. The second kappa shape index (κ2) is 9.38. The summed E-state index contributed by atoms with van der Waals surface area (Å²) in [6.45, 7) is 7.23. The van der Waals surface area contributed by atoms with Crippen LogP contribution in [-0.4, -0.2) is 24.7 Å². The number of nitrogens with one attached hydrogen (secondary N) is 1. The van der Waals surface area contributed by atoms with E-state index in [-0.39, 0.29) is 17.4 Å². The van der Waals surface area contributed by atoms with Crippen molar-refractivity contribution in [1.29, 1.82) is 0 Å². The highest BCUT2D eigenvalue weighted by Gasteiger charge is 2.24. The predicted octanol–water partition coefficient (Wildman–Crippen LogP) is 5.99. The zero-order chi connectivity index (χ0) is 27.2. The van der Waals surface area contributed by atoms with Crippen LogP contribution in [0.2, 0.25) is 0 Å². The van der Waals surface area contributed by atoms with Crippen LogP contribution in [-0.2, 0) is 21.6 Å². The third-order valence-corrected chi connectivity index (χ3v) is 7.84. The molecule has 4 aromatic rings. The molecule has 2 aromatic carbocycles. The van der Waals surface area contributed by atoms with E-state index in [9.17, 15) is 9.00 Å². The number of nitrogens with two attached hydrogens (primary N) is 1. The summed E-state index contributed by atoms with van der Waals surface area (Å²) in [5.74, 6) is -0.628. The van der Waals surface area contributed by atoms with Gasteiger partial charge in [-0.25, -0.2) is 18.6 Å². The molecule has 38 heavy (non-hydrogen) atoms. The van der Waals surface area contributed by atoms with Gasteiger partial charge in [0, 0.05) is 40.3 Å². The number of anilines is 2. The Labute approximate surface area is 219 Å². The number of rotatable bonds is 5. The van der Waals surface area contributed by atoms with Gasteiger partial charge in [0.2, 0.25) is 0 Å². The van der Waals surface area contributed by atoms with Crippen LogP contribution < -0.4 is 11.1 Å². The summed E-state index contributed by atoms with van der Waals surface area (Å²) in [7, 11) is -0.920. The molecule has 0 spiro atoms. The minimum Gasteiger partial charge on any atom is -0.383 e. The fraction of sp³-hybridized carbons (Fsp3) is 0.107. The number of allylic oxidation sites excluding steroid dienone is 2. The van der Waals surface area contributed by atoms with Gasteiger partial charge < -0.3 is 15.6 Å². The van der Waals surface area contributed by atoms with Crippen LogP contribution in [0.15, 0.2) is 82.2 Å². The zero-order valence-electron chi connectivity index (χ0n) is 21.0. The Morgan fingerprint density at radius 1 is 1.16 bits per heavy atom. The van der Waals surface area contributed by atoms with Crippen molar-refractivity contribution in [2.45, 2.75) is 13.8 Å². The lowest BCUT2D eigenvalue weighted by Crippen LogP contribution is -2.11. The van der Waals surface area contributed by atoms with Gasteiger partial charge in [-0.05, 0) is 49.2 Å². The molecule has 0 fully saturated rings. The van der Waals surface area contributed by atoms with Gasteiger partial charge in [-0.15, -0.1) is 0 Å². The number of amides is 1. The molecule has 1 amide bonds. The van der Waals surface area contributed by atoms with Crippen molar-refractivity contribution < 1.29 is 13.4 Å². The fourth-order valence-corrected chi connectivity index (χ4v) is 5.73. The first-order valence-electron chi connectivity index (χ1n) is 11.7. The number of halogens is 1. The van der Waals surface area contributed by atoms with E-state index in [0.29, 0.717) is 33.4 Å². The van der Waals surface area contributed by atoms with Gasteiger partial charge in [0.1, 0.15) is 29.3 Å². The van der Waals surface area contributed by atoms with Gasteiger partial charge in [-0.2, -0.15) is 4.36 Å². The number of benzene rings is 2. The first-order valence-corrected chi connectivity index (χ1v) is 13.3. The van der Waals surface area contributed by atoms with Crippen LogP contribution >= 0.6 is 0 Å². The maximum atomic E-state index is 15.3. The molecule has 3 heterocycles. The normalized spacial score (nSPS) is 13.7. The fourth-order valence-electron chi connectivity index (χ4n) is 4.43. The van der Waals surface area contributed by atoms with Crippen molar-refractivity contribution >= 4 is 43.9 Å². The molecule has 1 aliphatic rings. The van der Waals surface area contributed by atoms with E-state index in [4.69, 9.17) is 5.73 Å². The van der Waals surface area contributed by atoms with Gasteiger partial charge in [-0.1, -0.05) is 30.9 Å². The number of carbonyl (C=O) groups excluding carboxylic acids is 1. The average Bonchev–Trinajstić information content (AvgIpc) is 3.42. The molecular weight excluding hydrogens is 503 g/mol. The van der Waals surface area contributed by atoms with E-state index in [1.165, 1.54) is 29.3 Å². The standard InChI is InChI=1S/C28H25FN6O2S/c1-16(2)28(36)33-19-8-9-20(17(3)13-19)25-23(24-26(30)31-15-32-27(24)35(25)4)18-7-10-22(21(29)14-18)34-38(37)11-5-6-12-38/h5-15H,1H2,2-4H3,(H,33,36)(H2,30,31,32). The molecule has 0 atom stereocenters. The first kappa shape index (κ1) is 25.1. The smallest absolute Gasteiger partial charge is 0.250 e.